The van der Waals surface area contributed by atoms with Gasteiger partial charge in [-0.05, 0) is 31.1 Å². The summed E-state index contributed by atoms with van der Waals surface area (Å²) in [5.74, 6) is 0. The second-order valence-corrected chi connectivity index (χ2v) is 6.10. The van der Waals surface area contributed by atoms with Gasteiger partial charge >= 0.3 is 0 Å². The van der Waals surface area contributed by atoms with Crippen LogP contribution in [-0.4, -0.2) is 28.4 Å². The summed E-state index contributed by atoms with van der Waals surface area (Å²) in [5, 5.41) is 0. The van der Waals surface area contributed by atoms with Crippen LogP contribution in [0.15, 0.2) is 46.2 Å². The molecule has 1 aliphatic rings. The highest BCUT2D eigenvalue weighted by Crippen LogP contribution is 2.29. The summed E-state index contributed by atoms with van der Waals surface area (Å²) in [6.07, 6.45) is 2.72. The van der Waals surface area contributed by atoms with E-state index in [1.807, 2.05) is 0 Å². The van der Waals surface area contributed by atoms with E-state index < -0.39 is 9.84 Å². The van der Waals surface area contributed by atoms with Crippen LogP contribution in [0, 0.1) is 0 Å². The van der Waals surface area contributed by atoms with Gasteiger partial charge in [-0.1, -0.05) is 18.2 Å². The van der Waals surface area contributed by atoms with E-state index in [0.29, 0.717) is 22.6 Å². The van der Waals surface area contributed by atoms with Crippen LogP contribution in [0.1, 0.15) is 12.8 Å². The quantitative estimate of drug-likeness (QED) is 0.768. The molecule has 0 radical (unpaired) electrons. The Balaban J connectivity index is 2.17. The van der Waals surface area contributed by atoms with Crippen LogP contribution in [0.3, 0.4) is 0 Å². The maximum absolute atomic E-state index is 12.3. The van der Waals surface area contributed by atoms with E-state index in [2.05, 4.69) is 0 Å². The highest BCUT2D eigenvalue weighted by atomic mass is 32.2. The largest absolute Gasteiger partial charge is 0.359 e. The minimum atomic E-state index is -3.36. The monoisotopic (exact) mass is 268 g/mol. The van der Waals surface area contributed by atoms with Gasteiger partial charge in [0, 0.05) is 12.0 Å². The number of rotatable bonds is 5. The fraction of sp³-hybridized carbons (Fsp3) is 0.385. The Kier molecular flexibility index (Phi) is 4.16. The maximum Gasteiger partial charge on any atom is 0.202 e. The third kappa shape index (κ3) is 2.80. The first-order valence-corrected chi connectivity index (χ1v) is 7.24. The lowest BCUT2D eigenvalue weighted by atomic mass is 10.3. The Morgan fingerprint density at radius 2 is 2.00 bits per heavy atom. The zero-order valence-electron chi connectivity index (χ0n) is 10.2. The van der Waals surface area contributed by atoms with Gasteiger partial charge in [0.25, 0.3) is 0 Å². The molecule has 0 saturated heterocycles. The van der Waals surface area contributed by atoms with E-state index in [1.54, 1.807) is 43.5 Å². The molecule has 1 aromatic rings. The van der Waals surface area contributed by atoms with Crippen molar-refractivity contribution in [1.82, 2.24) is 0 Å². The fourth-order valence-corrected chi connectivity index (χ4v) is 3.46. The molecule has 2 rings (SSSR count). The molecule has 18 heavy (non-hydrogen) atoms. The van der Waals surface area contributed by atoms with Gasteiger partial charge in [0.15, 0.2) is 0 Å². The van der Waals surface area contributed by atoms with Gasteiger partial charge in [-0.25, -0.2) is 8.42 Å². The first kappa shape index (κ1) is 13.3. The van der Waals surface area contributed by atoms with Crippen LogP contribution in [0.5, 0.6) is 0 Å². The standard InChI is InChI=1S/C13H16O4S/c1-16-10-17-11-7-8-13(9-11)18(14,15)12-5-3-2-4-6-12/h2-6,9,11H,7-8,10H2,1H3. The third-order valence-corrected chi connectivity index (χ3v) is 4.77. The van der Waals surface area contributed by atoms with Crippen molar-refractivity contribution in [3.8, 4) is 0 Å². The van der Waals surface area contributed by atoms with Crippen molar-refractivity contribution < 1.29 is 17.9 Å². The van der Waals surface area contributed by atoms with Crippen LogP contribution in [0.25, 0.3) is 0 Å². The Hall–Kier alpha value is -1.17. The first-order chi connectivity index (χ1) is 8.64. The molecule has 0 spiro atoms. The molecule has 0 aromatic heterocycles. The van der Waals surface area contributed by atoms with Crippen LogP contribution < -0.4 is 0 Å². The Morgan fingerprint density at radius 3 is 2.67 bits per heavy atom. The molecular formula is C13H16O4S. The third-order valence-electron chi connectivity index (χ3n) is 2.85. The Morgan fingerprint density at radius 1 is 1.28 bits per heavy atom. The number of hydrogen-bond acceptors (Lipinski definition) is 4. The molecule has 0 amide bonds. The highest BCUT2D eigenvalue weighted by Gasteiger charge is 2.27. The summed E-state index contributed by atoms with van der Waals surface area (Å²) >= 11 is 0. The van der Waals surface area contributed by atoms with E-state index in [9.17, 15) is 8.42 Å². The molecule has 1 aromatic carbocycles. The number of methoxy groups -OCH3 is 1. The second kappa shape index (κ2) is 5.65. The van der Waals surface area contributed by atoms with E-state index in [4.69, 9.17) is 9.47 Å². The molecule has 0 fully saturated rings. The maximum atomic E-state index is 12.3. The minimum Gasteiger partial charge on any atom is -0.359 e. The van der Waals surface area contributed by atoms with Crippen LogP contribution in [0.2, 0.25) is 0 Å². The van der Waals surface area contributed by atoms with E-state index in [-0.39, 0.29) is 12.9 Å². The van der Waals surface area contributed by atoms with Crippen molar-refractivity contribution in [3.05, 3.63) is 41.3 Å². The molecule has 1 aliphatic carbocycles. The van der Waals surface area contributed by atoms with Gasteiger partial charge in [-0.2, -0.15) is 0 Å². The lowest BCUT2D eigenvalue weighted by Crippen LogP contribution is -2.08. The zero-order chi connectivity index (χ0) is 13.0. The van der Waals surface area contributed by atoms with Gasteiger partial charge in [-0.3, -0.25) is 0 Å². The molecule has 0 heterocycles. The van der Waals surface area contributed by atoms with Gasteiger partial charge in [-0.15, -0.1) is 0 Å². The SMILES string of the molecule is COCOC1C=C(S(=O)(=O)c2ccccc2)CC1. The smallest absolute Gasteiger partial charge is 0.202 e. The predicted octanol–water partition coefficient (Wildman–Crippen LogP) is 2.13. The first-order valence-electron chi connectivity index (χ1n) is 5.76. The lowest BCUT2D eigenvalue weighted by Gasteiger charge is -2.06. The summed E-state index contributed by atoms with van der Waals surface area (Å²) < 4.78 is 34.8. The van der Waals surface area contributed by atoms with Crippen molar-refractivity contribution in [1.29, 1.82) is 0 Å². The number of sulfone groups is 1. The van der Waals surface area contributed by atoms with Crippen molar-refractivity contribution >= 4 is 9.84 Å². The van der Waals surface area contributed by atoms with Crippen LogP contribution in [0.4, 0.5) is 0 Å². The zero-order valence-corrected chi connectivity index (χ0v) is 11.0. The highest BCUT2D eigenvalue weighted by molar-refractivity contribution is 7.95. The van der Waals surface area contributed by atoms with Gasteiger partial charge in [0.05, 0.1) is 11.0 Å². The average molecular weight is 268 g/mol. The van der Waals surface area contributed by atoms with Crippen LogP contribution >= 0.6 is 0 Å². The molecular weight excluding hydrogens is 252 g/mol. The molecule has 5 heteroatoms. The molecule has 4 nitrogen and oxygen atoms in total. The molecule has 0 bridgehead atoms. The van der Waals surface area contributed by atoms with Crippen molar-refractivity contribution in [2.45, 2.75) is 23.8 Å². The molecule has 1 unspecified atom stereocenters. The number of benzene rings is 1. The summed E-state index contributed by atoms with van der Waals surface area (Å²) in [6.45, 7) is 0.180. The van der Waals surface area contributed by atoms with Crippen molar-refractivity contribution in [2.24, 2.45) is 0 Å². The van der Waals surface area contributed by atoms with Crippen molar-refractivity contribution in [3.63, 3.8) is 0 Å². The molecule has 98 valence electrons. The van der Waals surface area contributed by atoms with E-state index in [0.717, 1.165) is 0 Å². The van der Waals surface area contributed by atoms with E-state index in [1.165, 1.54) is 0 Å². The summed E-state index contributed by atoms with van der Waals surface area (Å²) in [5.41, 5.74) is 0. The number of hydrogen-bond donors (Lipinski definition) is 0. The molecule has 1 atom stereocenters. The predicted molar refractivity (Wildman–Crippen MR) is 67.7 cm³/mol. The molecule has 0 aliphatic heterocycles. The Labute approximate surface area is 107 Å². The van der Waals surface area contributed by atoms with Gasteiger partial charge < -0.3 is 9.47 Å². The fourth-order valence-electron chi connectivity index (χ4n) is 1.92. The van der Waals surface area contributed by atoms with Gasteiger partial charge in [0.1, 0.15) is 6.79 Å². The normalized spacial score (nSPS) is 19.8. The summed E-state index contributed by atoms with van der Waals surface area (Å²) in [7, 11) is -1.81. The lowest BCUT2D eigenvalue weighted by molar-refractivity contribution is -0.0549. The second-order valence-electron chi connectivity index (χ2n) is 4.10. The van der Waals surface area contributed by atoms with E-state index >= 15 is 0 Å². The van der Waals surface area contributed by atoms with Gasteiger partial charge in [0.2, 0.25) is 9.84 Å². The number of ether oxygens (including phenoxy) is 2. The summed E-state index contributed by atoms with van der Waals surface area (Å²) in [4.78, 5) is 0.776. The average Bonchev–Trinajstić information content (AvgIpc) is 2.87. The topological polar surface area (TPSA) is 52.6 Å². The van der Waals surface area contributed by atoms with Crippen molar-refractivity contribution in [2.75, 3.05) is 13.9 Å². The molecule has 0 N–H and O–H groups in total. The summed E-state index contributed by atoms with van der Waals surface area (Å²) in [6, 6.07) is 8.47. The molecule has 0 saturated carbocycles. The Bertz CT molecular complexity index is 519. The number of allylic oxidation sites excluding steroid dienone is 1. The van der Waals surface area contributed by atoms with Crippen LogP contribution in [-0.2, 0) is 19.3 Å². The minimum absolute atomic E-state index is 0.168.